The van der Waals surface area contributed by atoms with E-state index in [-0.39, 0.29) is 5.82 Å². The Kier molecular flexibility index (Phi) is 2.79. The molecule has 0 bridgehead atoms. The Morgan fingerprint density at radius 1 is 1.33 bits per heavy atom. The first-order chi connectivity index (χ1) is 7.14. The molecule has 1 N–H and O–H groups in total. The van der Waals surface area contributed by atoms with Gasteiger partial charge in [-0.1, -0.05) is 19.1 Å². The van der Waals surface area contributed by atoms with Crippen molar-refractivity contribution in [3.8, 4) is 0 Å². The van der Waals surface area contributed by atoms with Gasteiger partial charge in [-0.2, -0.15) is 0 Å². The molecule has 0 amide bonds. The van der Waals surface area contributed by atoms with Crippen molar-refractivity contribution in [2.24, 2.45) is 5.41 Å². The van der Waals surface area contributed by atoms with Gasteiger partial charge >= 0.3 is 0 Å². The standard InChI is InChI=1S/C13H18FN/c1-13(7-8-13)12(15-2)9-10-3-5-11(14)6-4-10/h3-6,12,15H,7-9H2,1-2H3. The highest BCUT2D eigenvalue weighted by molar-refractivity contribution is 5.18. The predicted octanol–water partition coefficient (Wildman–Crippen LogP) is 2.76. The number of likely N-dealkylation sites (N-methyl/N-ethyl adjacent to an activating group) is 1. The molecule has 1 fully saturated rings. The lowest BCUT2D eigenvalue weighted by molar-refractivity contribution is 0.376. The maximum absolute atomic E-state index is 12.7. The van der Waals surface area contributed by atoms with Gasteiger partial charge in [-0.15, -0.1) is 0 Å². The Labute approximate surface area is 90.7 Å². The van der Waals surface area contributed by atoms with Gasteiger partial charge in [0.25, 0.3) is 0 Å². The largest absolute Gasteiger partial charge is 0.316 e. The Hall–Kier alpha value is -0.890. The Balaban J connectivity index is 2.03. The van der Waals surface area contributed by atoms with E-state index in [1.165, 1.54) is 30.5 Å². The van der Waals surface area contributed by atoms with Crippen LogP contribution >= 0.6 is 0 Å². The predicted molar refractivity (Wildman–Crippen MR) is 60.3 cm³/mol. The molecule has 0 radical (unpaired) electrons. The van der Waals surface area contributed by atoms with Crippen molar-refractivity contribution in [3.63, 3.8) is 0 Å². The molecule has 2 heteroatoms. The van der Waals surface area contributed by atoms with E-state index in [9.17, 15) is 4.39 Å². The maximum atomic E-state index is 12.7. The second kappa shape index (κ2) is 3.93. The Morgan fingerprint density at radius 2 is 1.93 bits per heavy atom. The summed E-state index contributed by atoms with van der Waals surface area (Å²) < 4.78 is 12.7. The average Bonchev–Trinajstić information content (AvgIpc) is 2.96. The van der Waals surface area contributed by atoms with Gasteiger partial charge in [0, 0.05) is 6.04 Å². The molecular weight excluding hydrogens is 189 g/mol. The van der Waals surface area contributed by atoms with E-state index in [1.54, 1.807) is 0 Å². The van der Waals surface area contributed by atoms with Gasteiger partial charge in [-0.25, -0.2) is 4.39 Å². The van der Waals surface area contributed by atoms with Gasteiger partial charge < -0.3 is 5.32 Å². The first-order valence-corrected chi connectivity index (χ1v) is 5.56. The van der Waals surface area contributed by atoms with Gasteiger partial charge in [0.1, 0.15) is 5.82 Å². The van der Waals surface area contributed by atoms with Gasteiger partial charge in [-0.05, 0) is 49.4 Å². The third kappa shape index (κ3) is 2.37. The fraction of sp³-hybridized carbons (Fsp3) is 0.538. The molecule has 1 aromatic carbocycles. The lowest BCUT2D eigenvalue weighted by Crippen LogP contribution is -2.35. The molecule has 1 aliphatic carbocycles. The first-order valence-electron chi connectivity index (χ1n) is 5.56. The lowest BCUT2D eigenvalue weighted by atomic mass is 9.92. The summed E-state index contributed by atoms with van der Waals surface area (Å²) in [7, 11) is 2.01. The summed E-state index contributed by atoms with van der Waals surface area (Å²) in [6.45, 7) is 2.32. The summed E-state index contributed by atoms with van der Waals surface area (Å²) in [5.74, 6) is -0.155. The van der Waals surface area contributed by atoms with Crippen LogP contribution in [0.2, 0.25) is 0 Å². The van der Waals surface area contributed by atoms with Crippen LogP contribution in [-0.4, -0.2) is 13.1 Å². The summed E-state index contributed by atoms with van der Waals surface area (Å²) in [6.07, 6.45) is 3.60. The zero-order valence-electron chi connectivity index (χ0n) is 9.39. The van der Waals surface area contributed by atoms with Gasteiger partial charge in [-0.3, -0.25) is 0 Å². The van der Waals surface area contributed by atoms with Crippen molar-refractivity contribution in [3.05, 3.63) is 35.6 Å². The molecule has 1 nitrogen and oxygen atoms in total. The first kappa shape index (κ1) is 10.6. The molecule has 1 unspecified atom stereocenters. The van der Waals surface area contributed by atoms with E-state index in [4.69, 9.17) is 0 Å². The minimum Gasteiger partial charge on any atom is -0.316 e. The van der Waals surface area contributed by atoms with Crippen molar-refractivity contribution >= 4 is 0 Å². The molecule has 2 rings (SSSR count). The highest BCUT2D eigenvalue weighted by atomic mass is 19.1. The van der Waals surface area contributed by atoms with Crippen LogP contribution in [-0.2, 0) is 6.42 Å². The van der Waals surface area contributed by atoms with Crippen LogP contribution in [0, 0.1) is 11.2 Å². The quantitative estimate of drug-likeness (QED) is 0.800. The molecular formula is C13H18FN. The van der Waals surface area contributed by atoms with E-state index in [0.717, 1.165) is 6.42 Å². The molecule has 82 valence electrons. The molecule has 0 aliphatic heterocycles. The Morgan fingerprint density at radius 3 is 2.40 bits per heavy atom. The second-order valence-electron chi connectivity index (χ2n) is 4.83. The topological polar surface area (TPSA) is 12.0 Å². The zero-order chi connectivity index (χ0) is 10.9. The Bertz CT molecular complexity index is 327. The van der Waals surface area contributed by atoms with Crippen LogP contribution in [0.5, 0.6) is 0 Å². The molecule has 0 saturated heterocycles. The molecule has 1 atom stereocenters. The van der Waals surface area contributed by atoms with Crippen LogP contribution in [0.15, 0.2) is 24.3 Å². The van der Waals surface area contributed by atoms with Gasteiger partial charge in [0.15, 0.2) is 0 Å². The van der Waals surface area contributed by atoms with Crippen molar-refractivity contribution < 1.29 is 4.39 Å². The van der Waals surface area contributed by atoms with E-state index >= 15 is 0 Å². The normalized spacial score (nSPS) is 19.9. The SMILES string of the molecule is CNC(Cc1ccc(F)cc1)C1(C)CC1. The van der Waals surface area contributed by atoms with Gasteiger partial charge in [0.05, 0.1) is 0 Å². The number of rotatable bonds is 4. The number of hydrogen-bond acceptors (Lipinski definition) is 1. The molecule has 1 aromatic rings. The highest BCUT2D eigenvalue weighted by Crippen LogP contribution is 2.48. The molecule has 1 aliphatic rings. The van der Waals surface area contributed by atoms with Crippen molar-refractivity contribution in [2.75, 3.05) is 7.05 Å². The zero-order valence-corrected chi connectivity index (χ0v) is 9.39. The molecule has 1 saturated carbocycles. The summed E-state index contributed by atoms with van der Waals surface area (Å²) in [4.78, 5) is 0. The van der Waals surface area contributed by atoms with E-state index < -0.39 is 0 Å². The molecule has 0 heterocycles. The highest BCUT2D eigenvalue weighted by Gasteiger charge is 2.43. The fourth-order valence-electron chi connectivity index (χ4n) is 2.10. The molecule has 0 aromatic heterocycles. The van der Waals surface area contributed by atoms with Crippen LogP contribution < -0.4 is 5.32 Å². The second-order valence-corrected chi connectivity index (χ2v) is 4.83. The van der Waals surface area contributed by atoms with E-state index in [1.807, 2.05) is 19.2 Å². The van der Waals surface area contributed by atoms with Crippen molar-refractivity contribution in [1.82, 2.24) is 5.32 Å². The summed E-state index contributed by atoms with van der Waals surface area (Å²) in [5.41, 5.74) is 1.67. The van der Waals surface area contributed by atoms with Gasteiger partial charge in [0.2, 0.25) is 0 Å². The van der Waals surface area contributed by atoms with Crippen LogP contribution in [0.25, 0.3) is 0 Å². The van der Waals surface area contributed by atoms with Crippen LogP contribution in [0.1, 0.15) is 25.3 Å². The lowest BCUT2D eigenvalue weighted by Gasteiger charge is -2.23. The molecule has 15 heavy (non-hydrogen) atoms. The fourth-order valence-corrected chi connectivity index (χ4v) is 2.10. The van der Waals surface area contributed by atoms with Crippen molar-refractivity contribution in [2.45, 2.75) is 32.2 Å². The maximum Gasteiger partial charge on any atom is 0.123 e. The molecule has 0 spiro atoms. The minimum atomic E-state index is -0.155. The van der Waals surface area contributed by atoms with Crippen LogP contribution in [0.4, 0.5) is 4.39 Å². The van der Waals surface area contributed by atoms with E-state index in [0.29, 0.717) is 11.5 Å². The summed E-state index contributed by atoms with van der Waals surface area (Å²) >= 11 is 0. The third-order valence-electron chi connectivity index (χ3n) is 3.58. The third-order valence-corrected chi connectivity index (χ3v) is 3.58. The summed E-state index contributed by atoms with van der Waals surface area (Å²) in [6, 6.07) is 7.36. The minimum absolute atomic E-state index is 0.155. The average molecular weight is 207 g/mol. The van der Waals surface area contributed by atoms with Crippen LogP contribution in [0.3, 0.4) is 0 Å². The number of halogens is 1. The van der Waals surface area contributed by atoms with Crippen molar-refractivity contribution in [1.29, 1.82) is 0 Å². The number of benzene rings is 1. The number of hydrogen-bond donors (Lipinski definition) is 1. The monoisotopic (exact) mass is 207 g/mol. The van der Waals surface area contributed by atoms with E-state index in [2.05, 4.69) is 12.2 Å². The summed E-state index contributed by atoms with van der Waals surface area (Å²) in [5, 5.41) is 3.37. The smallest absolute Gasteiger partial charge is 0.123 e. The number of nitrogens with one attached hydrogen (secondary N) is 1.